The molecule has 0 aliphatic carbocycles. The number of benzene rings is 1. The average molecular weight is 227 g/mol. The third kappa shape index (κ3) is 1.39. The predicted molar refractivity (Wildman–Crippen MR) is 68.6 cm³/mol. The first kappa shape index (κ1) is 10.1. The van der Waals surface area contributed by atoms with Crippen molar-refractivity contribution in [1.29, 1.82) is 0 Å². The lowest BCUT2D eigenvalue weighted by Crippen LogP contribution is -2.05. The van der Waals surface area contributed by atoms with Crippen LogP contribution in [-0.2, 0) is 0 Å². The summed E-state index contributed by atoms with van der Waals surface area (Å²) in [6, 6.07) is 5.66. The van der Waals surface area contributed by atoms with E-state index in [-0.39, 0.29) is 5.56 Å². The summed E-state index contributed by atoms with van der Waals surface area (Å²) in [4.78, 5) is 14.5. The topological polar surface area (TPSA) is 46.0 Å². The molecule has 0 unspecified atom stereocenters. The number of nitrogens with one attached hydrogen (secondary N) is 1. The van der Waals surface area contributed by atoms with E-state index in [4.69, 9.17) is 4.42 Å². The highest BCUT2D eigenvalue weighted by atomic mass is 16.3. The monoisotopic (exact) mass is 227 g/mol. The second-order valence-electron chi connectivity index (χ2n) is 4.53. The average Bonchev–Trinajstić information content (AvgIpc) is 2.63. The van der Waals surface area contributed by atoms with E-state index in [1.807, 2.05) is 26.8 Å². The van der Waals surface area contributed by atoms with Crippen molar-refractivity contribution in [3.63, 3.8) is 0 Å². The van der Waals surface area contributed by atoms with E-state index in [1.165, 1.54) is 0 Å². The second-order valence-corrected chi connectivity index (χ2v) is 4.53. The van der Waals surface area contributed by atoms with Gasteiger partial charge < -0.3 is 9.40 Å². The molecule has 0 fully saturated rings. The number of hydrogen-bond acceptors (Lipinski definition) is 2. The molecular weight excluding hydrogens is 214 g/mol. The third-order valence-electron chi connectivity index (χ3n) is 3.13. The second kappa shape index (κ2) is 3.23. The maximum absolute atomic E-state index is 11.6. The van der Waals surface area contributed by atoms with E-state index in [9.17, 15) is 4.79 Å². The van der Waals surface area contributed by atoms with E-state index in [0.717, 1.165) is 38.8 Å². The molecular formula is C14H13NO2. The molecule has 86 valence electrons. The lowest BCUT2D eigenvalue weighted by molar-refractivity contribution is 0.576. The number of furan rings is 1. The van der Waals surface area contributed by atoms with E-state index < -0.39 is 0 Å². The molecule has 0 saturated carbocycles. The summed E-state index contributed by atoms with van der Waals surface area (Å²) in [5, 5.41) is 2.06. The van der Waals surface area contributed by atoms with Crippen LogP contribution in [0.1, 0.15) is 16.9 Å². The minimum atomic E-state index is -0.0704. The first-order chi connectivity index (χ1) is 8.06. The molecule has 3 heteroatoms. The molecule has 0 bridgehead atoms. The van der Waals surface area contributed by atoms with Crippen LogP contribution in [0.3, 0.4) is 0 Å². The highest BCUT2D eigenvalue weighted by molar-refractivity contribution is 6.05. The Morgan fingerprint density at radius 1 is 1.00 bits per heavy atom. The fourth-order valence-corrected chi connectivity index (χ4v) is 2.37. The smallest absolute Gasteiger partial charge is 0.248 e. The number of H-pyrrole nitrogens is 1. The number of fused-ring (bicyclic) bond motifs is 3. The molecule has 0 saturated heterocycles. The van der Waals surface area contributed by atoms with Crippen molar-refractivity contribution >= 4 is 21.9 Å². The highest BCUT2D eigenvalue weighted by Crippen LogP contribution is 2.30. The molecule has 0 radical (unpaired) electrons. The number of hydrogen-bond donors (Lipinski definition) is 1. The van der Waals surface area contributed by atoms with Gasteiger partial charge in [0, 0.05) is 16.8 Å². The minimum absolute atomic E-state index is 0.0704. The summed E-state index contributed by atoms with van der Waals surface area (Å²) < 4.78 is 5.66. The van der Waals surface area contributed by atoms with Crippen LogP contribution in [0.4, 0.5) is 0 Å². The zero-order valence-electron chi connectivity index (χ0n) is 10.0. The van der Waals surface area contributed by atoms with E-state index in [1.54, 1.807) is 6.07 Å². The number of aromatic amines is 1. The maximum atomic E-state index is 11.6. The van der Waals surface area contributed by atoms with Crippen molar-refractivity contribution in [3.05, 3.63) is 45.4 Å². The molecule has 17 heavy (non-hydrogen) atoms. The molecule has 3 rings (SSSR count). The van der Waals surface area contributed by atoms with Crippen molar-refractivity contribution in [2.75, 3.05) is 0 Å². The van der Waals surface area contributed by atoms with Gasteiger partial charge in [-0.15, -0.1) is 0 Å². The Labute approximate surface area is 98.1 Å². The zero-order valence-corrected chi connectivity index (χ0v) is 10.0. The van der Waals surface area contributed by atoms with Crippen LogP contribution in [0.25, 0.3) is 21.9 Å². The third-order valence-corrected chi connectivity index (χ3v) is 3.13. The number of pyridine rings is 1. The number of rotatable bonds is 0. The Balaban J connectivity index is 2.67. The van der Waals surface area contributed by atoms with Crippen LogP contribution in [0, 0.1) is 20.8 Å². The largest absolute Gasteiger partial charge is 0.461 e. The van der Waals surface area contributed by atoms with Gasteiger partial charge in [0.15, 0.2) is 0 Å². The van der Waals surface area contributed by atoms with Gasteiger partial charge in [0.25, 0.3) is 0 Å². The summed E-state index contributed by atoms with van der Waals surface area (Å²) >= 11 is 0. The quantitative estimate of drug-likeness (QED) is 0.641. The minimum Gasteiger partial charge on any atom is -0.461 e. The van der Waals surface area contributed by atoms with Gasteiger partial charge >= 0.3 is 0 Å². The SMILES string of the molecule is Cc1cc2c(o1)c(C)cc1c(C)cc(=O)[nH]c12. The Morgan fingerprint density at radius 3 is 2.53 bits per heavy atom. The normalized spacial score (nSPS) is 11.5. The van der Waals surface area contributed by atoms with E-state index in [0.29, 0.717) is 0 Å². The standard InChI is InChI=1S/C14H13NO2/c1-7-5-12(16)15-13-10(7)4-8(2)14-11(13)6-9(3)17-14/h4-6H,1-3H3,(H,15,16). The van der Waals surface area contributed by atoms with Crippen molar-refractivity contribution in [2.24, 2.45) is 0 Å². The van der Waals surface area contributed by atoms with Gasteiger partial charge in [-0.3, -0.25) is 4.79 Å². The Kier molecular flexibility index (Phi) is 1.93. The summed E-state index contributed by atoms with van der Waals surface area (Å²) in [6.07, 6.45) is 0. The predicted octanol–water partition coefficient (Wildman–Crippen LogP) is 3.20. The van der Waals surface area contributed by atoms with Gasteiger partial charge in [0.1, 0.15) is 11.3 Å². The molecule has 0 spiro atoms. The van der Waals surface area contributed by atoms with Gasteiger partial charge in [-0.2, -0.15) is 0 Å². The first-order valence-electron chi connectivity index (χ1n) is 5.59. The van der Waals surface area contributed by atoms with Crippen LogP contribution in [-0.4, -0.2) is 4.98 Å². The number of aryl methyl sites for hydroxylation is 3. The molecule has 0 aliphatic heterocycles. The van der Waals surface area contributed by atoms with E-state index in [2.05, 4.69) is 11.1 Å². The molecule has 0 atom stereocenters. The molecule has 0 aliphatic rings. The molecule has 2 heterocycles. The molecule has 0 amide bonds. The van der Waals surface area contributed by atoms with Gasteiger partial charge in [0.05, 0.1) is 5.52 Å². The van der Waals surface area contributed by atoms with Crippen LogP contribution in [0.15, 0.2) is 27.4 Å². The van der Waals surface area contributed by atoms with E-state index >= 15 is 0 Å². The van der Waals surface area contributed by atoms with Crippen LogP contribution in [0.5, 0.6) is 0 Å². The molecule has 2 aromatic heterocycles. The Morgan fingerprint density at radius 2 is 1.76 bits per heavy atom. The lowest BCUT2D eigenvalue weighted by atomic mass is 10.0. The molecule has 3 aromatic rings. The molecule has 1 aromatic carbocycles. The van der Waals surface area contributed by atoms with Crippen molar-refractivity contribution in [3.8, 4) is 0 Å². The summed E-state index contributed by atoms with van der Waals surface area (Å²) in [5.74, 6) is 0.859. The zero-order chi connectivity index (χ0) is 12.2. The Hall–Kier alpha value is -2.03. The van der Waals surface area contributed by atoms with Crippen molar-refractivity contribution in [1.82, 2.24) is 4.98 Å². The molecule has 1 N–H and O–H groups in total. The lowest BCUT2D eigenvalue weighted by Gasteiger charge is -2.04. The maximum Gasteiger partial charge on any atom is 0.248 e. The first-order valence-corrected chi connectivity index (χ1v) is 5.59. The molecule has 3 nitrogen and oxygen atoms in total. The van der Waals surface area contributed by atoms with Crippen LogP contribution >= 0.6 is 0 Å². The fraction of sp³-hybridized carbons (Fsp3) is 0.214. The van der Waals surface area contributed by atoms with Gasteiger partial charge in [-0.05, 0) is 44.0 Å². The summed E-state index contributed by atoms with van der Waals surface area (Å²) in [6.45, 7) is 5.89. The van der Waals surface area contributed by atoms with Crippen molar-refractivity contribution in [2.45, 2.75) is 20.8 Å². The van der Waals surface area contributed by atoms with Gasteiger partial charge in [-0.1, -0.05) is 0 Å². The fourth-order valence-electron chi connectivity index (χ4n) is 2.37. The summed E-state index contributed by atoms with van der Waals surface area (Å²) in [5.41, 5.74) is 3.74. The number of aromatic nitrogens is 1. The van der Waals surface area contributed by atoms with Crippen LogP contribution < -0.4 is 5.56 Å². The van der Waals surface area contributed by atoms with Gasteiger partial charge in [0.2, 0.25) is 5.56 Å². The van der Waals surface area contributed by atoms with Crippen LogP contribution in [0.2, 0.25) is 0 Å². The highest BCUT2D eigenvalue weighted by Gasteiger charge is 2.10. The Bertz CT molecular complexity index is 793. The summed E-state index contributed by atoms with van der Waals surface area (Å²) in [7, 11) is 0. The van der Waals surface area contributed by atoms with Crippen molar-refractivity contribution < 1.29 is 4.42 Å². The van der Waals surface area contributed by atoms with Gasteiger partial charge in [-0.25, -0.2) is 0 Å².